The van der Waals surface area contributed by atoms with Crippen molar-refractivity contribution in [3.8, 4) is 0 Å². The minimum atomic E-state index is 0.118. The molecule has 2 N–H and O–H groups in total. The van der Waals surface area contributed by atoms with Gasteiger partial charge in [-0.25, -0.2) is 0 Å². The summed E-state index contributed by atoms with van der Waals surface area (Å²) in [5.41, 5.74) is 7.80. The van der Waals surface area contributed by atoms with Gasteiger partial charge in [0.25, 0.3) is 0 Å². The third-order valence-electron chi connectivity index (χ3n) is 4.52. The third-order valence-corrected chi connectivity index (χ3v) is 4.52. The minimum absolute atomic E-state index is 0.118. The number of hydrogen-bond donors (Lipinski definition) is 1. The van der Waals surface area contributed by atoms with E-state index in [9.17, 15) is 0 Å². The first-order chi connectivity index (χ1) is 10.1. The second kappa shape index (κ2) is 7.92. The summed E-state index contributed by atoms with van der Waals surface area (Å²) >= 11 is 0. The highest BCUT2D eigenvalue weighted by molar-refractivity contribution is 5.20. The van der Waals surface area contributed by atoms with Gasteiger partial charge in [0.2, 0.25) is 0 Å². The first-order valence-corrected chi connectivity index (χ1v) is 8.38. The zero-order chi connectivity index (χ0) is 15.2. The molecule has 1 saturated heterocycles. The average Bonchev–Trinajstić information content (AvgIpc) is 2.50. The lowest BCUT2D eigenvalue weighted by Gasteiger charge is -2.41. The molecule has 1 fully saturated rings. The van der Waals surface area contributed by atoms with Gasteiger partial charge in [-0.05, 0) is 17.9 Å². The molecule has 3 heteroatoms. The quantitative estimate of drug-likeness (QED) is 0.874. The molecule has 1 aliphatic rings. The average molecular weight is 289 g/mol. The normalized spacial score (nSPS) is 20.6. The lowest BCUT2D eigenvalue weighted by atomic mass is 9.96. The summed E-state index contributed by atoms with van der Waals surface area (Å²) in [6.45, 7) is 12.7. The molecular weight excluding hydrogens is 258 g/mol. The van der Waals surface area contributed by atoms with E-state index in [1.807, 2.05) is 0 Å². The molecule has 0 aromatic heterocycles. The molecule has 0 amide bonds. The highest BCUT2D eigenvalue weighted by Gasteiger charge is 2.27. The maximum absolute atomic E-state index is 6.54. The Morgan fingerprint density at radius 1 is 1.05 bits per heavy atom. The van der Waals surface area contributed by atoms with Crippen LogP contribution in [0.4, 0.5) is 0 Å². The van der Waals surface area contributed by atoms with E-state index in [1.165, 1.54) is 25.2 Å². The van der Waals surface area contributed by atoms with Crippen LogP contribution in [0.2, 0.25) is 0 Å². The number of hydrogen-bond acceptors (Lipinski definition) is 3. The van der Waals surface area contributed by atoms with Crippen LogP contribution in [-0.2, 0) is 0 Å². The molecule has 2 atom stereocenters. The number of nitrogens with zero attached hydrogens (tertiary/aromatic N) is 2. The van der Waals surface area contributed by atoms with Gasteiger partial charge in [-0.2, -0.15) is 0 Å². The Morgan fingerprint density at radius 2 is 1.67 bits per heavy atom. The summed E-state index contributed by atoms with van der Waals surface area (Å²) in [6.07, 6.45) is 1.11. The van der Waals surface area contributed by atoms with E-state index in [0.717, 1.165) is 25.4 Å². The second-order valence-electron chi connectivity index (χ2n) is 6.64. The smallest absolute Gasteiger partial charge is 0.0453 e. The van der Waals surface area contributed by atoms with Gasteiger partial charge in [-0.1, -0.05) is 51.1 Å². The predicted molar refractivity (Wildman–Crippen MR) is 90.3 cm³/mol. The Kier molecular flexibility index (Phi) is 6.22. The van der Waals surface area contributed by atoms with Crippen molar-refractivity contribution in [2.75, 3.05) is 32.7 Å². The predicted octanol–water partition coefficient (Wildman–Crippen LogP) is 2.74. The molecule has 0 saturated carbocycles. The third kappa shape index (κ3) is 4.53. The van der Waals surface area contributed by atoms with Crippen molar-refractivity contribution in [1.29, 1.82) is 0 Å². The largest absolute Gasteiger partial charge is 0.323 e. The highest BCUT2D eigenvalue weighted by atomic mass is 15.3. The Labute approximate surface area is 130 Å². The Morgan fingerprint density at radius 3 is 2.19 bits per heavy atom. The summed E-state index contributed by atoms with van der Waals surface area (Å²) in [5, 5.41) is 0. The minimum Gasteiger partial charge on any atom is -0.323 e. The number of nitrogens with two attached hydrogens (primary N) is 1. The SMILES string of the molecule is CCC(C(N)c1ccccc1)N1CCN(CC(C)C)CC1. The highest BCUT2D eigenvalue weighted by Crippen LogP contribution is 2.22. The zero-order valence-electron chi connectivity index (χ0n) is 13.8. The van der Waals surface area contributed by atoms with Crippen LogP contribution in [0.3, 0.4) is 0 Å². The van der Waals surface area contributed by atoms with Gasteiger partial charge < -0.3 is 10.6 Å². The van der Waals surface area contributed by atoms with Crippen LogP contribution in [0.25, 0.3) is 0 Å². The van der Waals surface area contributed by atoms with Crippen LogP contribution in [0.5, 0.6) is 0 Å². The van der Waals surface area contributed by atoms with Gasteiger partial charge in [0.05, 0.1) is 0 Å². The van der Waals surface area contributed by atoms with Gasteiger partial charge in [0.1, 0.15) is 0 Å². The van der Waals surface area contributed by atoms with Gasteiger partial charge in [-0.15, -0.1) is 0 Å². The van der Waals surface area contributed by atoms with Crippen molar-refractivity contribution >= 4 is 0 Å². The molecule has 1 aliphatic heterocycles. The molecule has 118 valence electrons. The molecule has 0 aliphatic carbocycles. The molecule has 2 rings (SSSR count). The maximum atomic E-state index is 6.54. The van der Waals surface area contributed by atoms with E-state index < -0.39 is 0 Å². The molecule has 3 nitrogen and oxygen atoms in total. The first-order valence-electron chi connectivity index (χ1n) is 8.38. The van der Waals surface area contributed by atoms with Gasteiger partial charge in [0, 0.05) is 44.8 Å². The monoisotopic (exact) mass is 289 g/mol. The summed E-state index contributed by atoms with van der Waals surface area (Å²) in [6, 6.07) is 11.1. The topological polar surface area (TPSA) is 32.5 Å². The Hall–Kier alpha value is -0.900. The van der Waals surface area contributed by atoms with E-state index in [4.69, 9.17) is 5.73 Å². The first kappa shape index (κ1) is 16.5. The lowest BCUT2D eigenvalue weighted by Crippen LogP contribution is -2.53. The van der Waals surface area contributed by atoms with Gasteiger partial charge in [0.15, 0.2) is 0 Å². The van der Waals surface area contributed by atoms with Crippen LogP contribution in [0.15, 0.2) is 30.3 Å². The fourth-order valence-corrected chi connectivity index (χ4v) is 3.43. The van der Waals surface area contributed by atoms with E-state index in [2.05, 4.69) is 60.9 Å². The molecule has 0 radical (unpaired) electrons. The summed E-state index contributed by atoms with van der Waals surface area (Å²) in [4.78, 5) is 5.18. The zero-order valence-corrected chi connectivity index (χ0v) is 13.8. The summed E-state index contributed by atoms with van der Waals surface area (Å²) in [5.74, 6) is 0.755. The molecule has 0 bridgehead atoms. The number of benzene rings is 1. The van der Waals surface area contributed by atoms with Crippen molar-refractivity contribution in [1.82, 2.24) is 9.80 Å². The van der Waals surface area contributed by atoms with Crippen molar-refractivity contribution < 1.29 is 0 Å². The van der Waals surface area contributed by atoms with Crippen LogP contribution in [0, 0.1) is 5.92 Å². The van der Waals surface area contributed by atoms with Gasteiger partial charge >= 0.3 is 0 Å². The fourth-order valence-electron chi connectivity index (χ4n) is 3.43. The van der Waals surface area contributed by atoms with Crippen LogP contribution in [-0.4, -0.2) is 48.6 Å². The molecular formula is C18H31N3. The van der Waals surface area contributed by atoms with Crippen molar-refractivity contribution in [2.24, 2.45) is 11.7 Å². The molecule has 1 aromatic rings. The number of piperazine rings is 1. The Balaban J connectivity index is 1.93. The summed E-state index contributed by atoms with van der Waals surface area (Å²) in [7, 11) is 0. The molecule has 0 spiro atoms. The standard InChI is InChI=1S/C18H31N3/c1-4-17(18(19)16-8-6-5-7-9-16)21-12-10-20(11-13-21)14-15(2)3/h5-9,15,17-18H,4,10-14,19H2,1-3H3. The molecule has 1 aromatic carbocycles. The van der Waals surface area contributed by atoms with Crippen molar-refractivity contribution in [3.63, 3.8) is 0 Å². The lowest BCUT2D eigenvalue weighted by molar-refractivity contribution is 0.0766. The van der Waals surface area contributed by atoms with E-state index in [-0.39, 0.29) is 6.04 Å². The second-order valence-corrected chi connectivity index (χ2v) is 6.64. The van der Waals surface area contributed by atoms with E-state index in [1.54, 1.807) is 0 Å². The van der Waals surface area contributed by atoms with Crippen LogP contribution >= 0.6 is 0 Å². The van der Waals surface area contributed by atoms with Crippen molar-refractivity contribution in [2.45, 2.75) is 39.3 Å². The molecule has 21 heavy (non-hydrogen) atoms. The van der Waals surface area contributed by atoms with E-state index >= 15 is 0 Å². The summed E-state index contributed by atoms with van der Waals surface area (Å²) < 4.78 is 0. The fraction of sp³-hybridized carbons (Fsp3) is 0.667. The van der Waals surface area contributed by atoms with Crippen LogP contribution in [0.1, 0.15) is 38.8 Å². The Bertz CT molecular complexity index is 396. The number of rotatable bonds is 6. The van der Waals surface area contributed by atoms with Crippen LogP contribution < -0.4 is 5.73 Å². The van der Waals surface area contributed by atoms with E-state index in [0.29, 0.717) is 6.04 Å². The van der Waals surface area contributed by atoms with Crippen molar-refractivity contribution in [3.05, 3.63) is 35.9 Å². The molecule has 2 unspecified atom stereocenters. The maximum Gasteiger partial charge on any atom is 0.0453 e. The molecule has 1 heterocycles. The van der Waals surface area contributed by atoms with Gasteiger partial charge in [-0.3, -0.25) is 4.90 Å².